The van der Waals surface area contributed by atoms with Gasteiger partial charge in [0.15, 0.2) is 10.2 Å². The van der Waals surface area contributed by atoms with Crippen molar-refractivity contribution in [1.82, 2.24) is 10.2 Å². The van der Waals surface area contributed by atoms with Gasteiger partial charge in [0.05, 0.1) is 0 Å². The van der Waals surface area contributed by atoms with Crippen LogP contribution in [0.5, 0.6) is 0 Å². The Bertz CT molecular complexity index is 614. The first kappa shape index (κ1) is 13.8. The molecule has 0 aliphatic carbocycles. The first-order valence-electron chi connectivity index (χ1n) is 5.29. The minimum absolute atomic E-state index is 0.108. The molecule has 1 heterocycles. The maximum atomic E-state index is 13.2. The Kier molecular flexibility index (Phi) is 4.33. The summed E-state index contributed by atoms with van der Waals surface area (Å²) < 4.78 is 14.0. The molecule has 0 bridgehead atoms. The van der Waals surface area contributed by atoms with E-state index in [1.807, 2.05) is 6.92 Å². The summed E-state index contributed by atoms with van der Waals surface area (Å²) >= 11 is 2.96. The number of oxime groups is 1. The molecule has 0 aliphatic rings. The summed E-state index contributed by atoms with van der Waals surface area (Å²) in [6, 6.07) is 4.20. The second kappa shape index (κ2) is 5.98. The van der Waals surface area contributed by atoms with Crippen LogP contribution in [0.2, 0.25) is 0 Å². The van der Waals surface area contributed by atoms with Crippen LogP contribution < -0.4 is 5.73 Å². The van der Waals surface area contributed by atoms with Gasteiger partial charge >= 0.3 is 0 Å². The number of aromatic nitrogens is 2. The predicted octanol–water partition coefficient (Wildman–Crippen LogP) is 2.37. The van der Waals surface area contributed by atoms with E-state index >= 15 is 0 Å². The topological polar surface area (TPSA) is 84.4 Å². The quantitative estimate of drug-likeness (QED) is 0.298. The highest BCUT2D eigenvalue weighted by molar-refractivity contribution is 8.00. The van der Waals surface area contributed by atoms with Gasteiger partial charge in [-0.15, -0.1) is 10.2 Å². The number of benzene rings is 1. The standard InChI is InChI=1S/C11H11FN4OS2/c1-6-14-15-11(19-6)18-5-7-2-3-8(12)4-9(7)10(13)16-17/h2-4,17H,5H2,1H3,(H2,13,16). The van der Waals surface area contributed by atoms with Gasteiger partial charge in [0.2, 0.25) is 0 Å². The zero-order chi connectivity index (χ0) is 13.8. The van der Waals surface area contributed by atoms with Crippen molar-refractivity contribution in [3.63, 3.8) is 0 Å². The maximum absolute atomic E-state index is 13.2. The first-order valence-corrected chi connectivity index (χ1v) is 7.09. The summed E-state index contributed by atoms with van der Waals surface area (Å²) in [6.07, 6.45) is 0. The lowest BCUT2D eigenvalue weighted by Crippen LogP contribution is -2.15. The molecule has 8 heteroatoms. The fourth-order valence-corrected chi connectivity index (χ4v) is 3.26. The number of nitrogens with zero attached hydrogens (tertiary/aromatic N) is 3. The average Bonchev–Trinajstić information content (AvgIpc) is 2.82. The van der Waals surface area contributed by atoms with E-state index in [1.54, 1.807) is 6.07 Å². The van der Waals surface area contributed by atoms with Crippen LogP contribution in [0, 0.1) is 12.7 Å². The third-order valence-corrected chi connectivity index (χ3v) is 4.34. The monoisotopic (exact) mass is 298 g/mol. The molecule has 0 saturated heterocycles. The Hall–Kier alpha value is -1.67. The Morgan fingerprint density at radius 3 is 2.95 bits per heavy atom. The Morgan fingerprint density at radius 2 is 2.32 bits per heavy atom. The molecular formula is C11H11FN4OS2. The number of thioether (sulfide) groups is 1. The lowest BCUT2D eigenvalue weighted by atomic mass is 10.1. The highest BCUT2D eigenvalue weighted by Gasteiger charge is 2.10. The molecule has 0 spiro atoms. The third-order valence-electron chi connectivity index (χ3n) is 2.31. The summed E-state index contributed by atoms with van der Waals surface area (Å²) in [5.41, 5.74) is 6.69. The minimum atomic E-state index is -0.429. The molecule has 3 N–H and O–H groups in total. The van der Waals surface area contributed by atoms with E-state index in [0.717, 1.165) is 14.9 Å². The van der Waals surface area contributed by atoms with Gasteiger partial charge in [0.1, 0.15) is 10.8 Å². The van der Waals surface area contributed by atoms with Crippen LogP contribution in [0.1, 0.15) is 16.1 Å². The third kappa shape index (κ3) is 3.42. The molecule has 0 radical (unpaired) electrons. The molecule has 1 aromatic heterocycles. The van der Waals surface area contributed by atoms with Gasteiger partial charge in [-0.2, -0.15) is 0 Å². The van der Waals surface area contributed by atoms with Crippen LogP contribution in [0.3, 0.4) is 0 Å². The van der Waals surface area contributed by atoms with Crippen molar-refractivity contribution in [3.8, 4) is 0 Å². The van der Waals surface area contributed by atoms with Crippen molar-refractivity contribution in [2.75, 3.05) is 0 Å². The van der Waals surface area contributed by atoms with Gasteiger partial charge in [0, 0.05) is 11.3 Å². The first-order chi connectivity index (χ1) is 9.10. The molecule has 0 amide bonds. The van der Waals surface area contributed by atoms with Crippen molar-refractivity contribution >= 4 is 28.9 Å². The number of hydrogen-bond acceptors (Lipinski definition) is 6. The number of nitrogens with two attached hydrogens (primary N) is 1. The van der Waals surface area contributed by atoms with Crippen molar-refractivity contribution in [1.29, 1.82) is 0 Å². The molecule has 0 aliphatic heterocycles. The summed E-state index contributed by atoms with van der Waals surface area (Å²) in [6.45, 7) is 1.88. The molecule has 1 aromatic carbocycles. The largest absolute Gasteiger partial charge is 0.409 e. The van der Waals surface area contributed by atoms with Gasteiger partial charge in [-0.1, -0.05) is 34.3 Å². The summed E-state index contributed by atoms with van der Waals surface area (Å²) in [7, 11) is 0. The molecule has 0 saturated carbocycles. The van der Waals surface area contributed by atoms with Crippen LogP contribution in [0.25, 0.3) is 0 Å². The molecule has 2 aromatic rings. The van der Waals surface area contributed by atoms with Crippen LogP contribution >= 0.6 is 23.1 Å². The smallest absolute Gasteiger partial charge is 0.174 e. The van der Waals surface area contributed by atoms with Crippen molar-refractivity contribution < 1.29 is 9.60 Å². The van der Waals surface area contributed by atoms with Crippen molar-refractivity contribution in [3.05, 3.63) is 40.2 Å². The average molecular weight is 298 g/mol. The zero-order valence-corrected chi connectivity index (χ0v) is 11.6. The molecule has 0 atom stereocenters. The summed E-state index contributed by atoms with van der Waals surface area (Å²) in [5.74, 6) is 0.00570. The Balaban J connectivity index is 2.20. The van der Waals surface area contributed by atoms with E-state index in [9.17, 15) is 4.39 Å². The van der Waals surface area contributed by atoms with Gasteiger partial charge in [-0.05, 0) is 24.6 Å². The van der Waals surface area contributed by atoms with Crippen molar-refractivity contribution in [2.24, 2.45) is 10.9 Å². The lowest BCUT2D eigenvalue weighted by Gasteiger charge is -2.07. The Morgan fingerprint density at radius 1 is 1.53 bits per heavy atom. The highest BCUT2D eigenvalue weighted by Crippen LogP contribution is 2.27. The number of hydrogen-bond donors (Lipinski definition) is 2. The summed E-state index contributed by atoms with van der Waals surface area (Å²) in [5, 5.41) is 20.4. The van der Waals surface area contributed by atoms with Gasteiger partial charge < -0.3 is 10.9 Å². The minimum Gasteiger partial charge on any atom is -0.409 e. The maximum Gasteiger partial charge on any atom is 0.174 e. The number of rotatable bonds is 4. The van der Waals surface area contributed by atoms with E-state index in [2.05, 4.69) is 15.4 Å². The molecule has 0 fully saturated rings. The normalized spacial score (nSPS) is 11.8. The van der Waals surface area contributed by atoms with Crippen LogP contribution in [0.4, 0.5) is 4.39 Å². The van der Waals surface area contributed by atoms with Crippen LogP contribution in [-0.4, -0.2) is 21.2 Å². The number of halogens is 1. The van der Waals surface area contributed by atoms with E-state index in [0.29, 0.717) is 11.3 Å². The van der Waals surface area contributed by atoms with E-state index in [4.69, 9.17) is 10.9 Å². The van der Waals surface area contributed by atoms with Crippen LogP contribution in [-0.2, 0) is 5.75 Å². The lowest BCUT2D eigenvalue weighted by molar-refractivity contribution is 0.318. The van der Waals surface area contributed by atoms with Gasteiger partial charge in [-0.25, -0.2) is 4.39 Å². The SMILES string of the molecule is Cc1nnc(SCc2ccc(F)cc2C(N)=NO)s1. The fourth-order valence-electron chi connectivity index (χ4n) is 1.44. The molecular weight excluding hydrogens is 287 g/mol. The van der Waals surface area contributed by atoms with Crippen LogP contribution in [0.15, 0.2) is 27.7 Å². The summed E-state index contributed by atoms with van der Waals surface area (Å²) in [4.78, 5) is 0. The molecule has 2 rings (SSSR count). The molecule has 100 valence electrons. The van der Waals surface area contributed by atoms with Gasteiger partial charge in [-0.3, -0.25) is 0 Å². The number of amidine groups is 1. The highest BCUT2D eigenvalue weighted by atomic mass is 32.2. The predicted molar refractivity (Wildman–Crippen MR) is 73.1 cm³/mol. The second-order valence-electron chi connectivity index (χ2n) is 3.66. The van der Waals surface area contributed by atoms with E-state index in [1.165, 1.54) is 35.2 Å². The van der Waals surface area contributed by atoms with Gasteiger partial charge in [0.25, 0.3) is 0 Å². The molecule has 0 unspecified atom stereocenters. The molecule has 5 nitrogen and oxygen atoms in total. The number of aryl methyl sites for hydroxylation is 1. The van der Waals surface area contributed by atoms with Crippen molar-refractivity contribution in [2.45, 2.75) is 17.0 Å². The van der Waals surface area contributed by atoms with E-state index < -0.39 is 5.82 Å². The Labute approximate surface area is 117 Å². The molecule has 19 heavy (non-hydrogen) atoms. The second-order valence-corrected chi connectivity index (χ2v) is 6.07. The fraction of sp³-hybridized carbons (Fsp3) is 0.182. The van der Waals surface area contributed by atoms with E-state index in [-0.39, 0.29) is 5.84 Å². The zero-order valence-electron chi connectivity index (χ0n) is 10.00.